The van der Waals surface area contributed by atoms with Crippen LogP contribution in [0.5, 0.6) is 0 Å². The highest BCUT2D eigenvalue weighted by molar-refractivity contribution is 6.33. The molecule has 0 unspecified atom stereocenters. The smallest absolute Gasteiger partial charge is 0.247 e. The van der Waals surface area contributed by atoms with Crippen LogP contribution in [0, 0.1) is 0 Å². The van der Waals surface area contributed by atoms with Crippen LogP contribution in [0.4, 0.5) is 10.1 Å². The lowest BCUT2D eigenvalue weighted by Crippen LogP contribution is -2.44. The highest BCUT2D eigenvalue weighted by Crippen LogP contribution is 2.30. The van der Waals surface area contributed by atoms with Gasteiger partial charge < -0.3 is 10.2 Å². The van der Waals surface area contributed by atoms with Crippen molar-refractivity contribution in [2.24, 2.45) is 0 Å². The second-order valence-corrected chi connectivity index (χ2v) is 10.2. The van der Waals surface area contributed by atoms with Gasteiger partial charge in [-0.3, -0.25) is 19.1 Å². The molecule has 4 heterocycles. The number of benzene rings is 2. The van der Waals surface area contributed by atoms with Gasteiger partial charge in [0.1, 0.15) is 42.8 Å². The molecule has 0 bridgehead atoms. The molecular weight excluding hydrogens is 565 g/mol. The second kappa shape index (κ2) is 11.1. The van der Waals surface area contributed by atoms with E-state index in [1.165, 1.54) is 33.8 Å². The zero-order valence-electron chi connectivity index (χ0n) is 22.2. The molecule has 0 aliphatic carbocycles. The van der Waals surface area contributed by atoms with Crippen molar-refractivity contribution in [2.75, 3.05) is 11.9 Å². The van der Waals surface area contributed by atoms with Crippen molar-refractivity contribution in [2.45, 2.75) is 32.1 Å². The Morgan fingerprint density at radius 1 is 1.12 bits per heavy atom. The van der Waals surface area contributed by atoms with E-state index in [2.05, 4.69) is 30.7 Å². The van der Waals surface area contributed by atoms with Crippen molar-refractivity contribution < 1.29 is 18.8 Å². The first-order valence-corrected chi connectivity index (χ1v) is 13.3. The van der Waals surface area contributed by atoms with Crippen LogP contribution in [0.15, 0.2) is 67.5 Å². The van der Waals surface area contributed by atoms with Gasteiger partial charge in [-0.1, -0.05) is 23.7 Å². The molecule has 12 nitrogen and oxygen atoms in total. The van der Waals surface area contributed by atoms with Gasteiger partial charge >= 0.3 is 0 Å². The average Bonchev–Trinajstić information content (AvgIpc) is 3.73. The predicted molar refractivity (Wildman–Crippen MR) is 151 cm³/mol. The van der Waals surface area contributed by atoms with E-state index in [4.69, 9.17) is 11.6 Å². The van der Waals surface area contributed by atoms with Gasteiger partial charge in [-0.15, -0.1) is 0 Å². The van der Waals surface area contributed by atoms with E-state index in [0.717, 1.165) is 11.1 Å². The number of halogens is 2. The number of carbonyl (C=O) groups excluding carboxylic acids is 3. The van der Waals surface area contributed by atoms with Crippen LogP contribution in [0.3, 0.4) is 0 Å². The first kappa shape index (κ1) is 27.1. The number of para-hydroxylation sites is 1. The van der Waals surface area contributed by atoms with Crippen molar-refractivity contribution in [3.8, 4) is 16.8 Å². The number of likely N-dealkylation sites (tertiary alicyclic amines) is 1. The molecule has 0 radical (unpaired) electrons. The van der Waals surface area contributed by atoms with Crippen LogP contribution in [-0.2, 0) is 16.1 Å². The molecule has 1 N–H and O–H groups in total. The predicted octanol–water partition coefficient (Wildman–Crippen LogP) is 3.51. The van der Waals surface area contributed by atoms with E-state index in [1.54, 1.807) is 48.8 Å². The Labute approximate surface area is 243 Å². The van der Waals surface area contributed by atoms with Crippen molar-refractivity contribution in [3.63, 3.8) is 0 Å². The maximum absolute atomic E-state index is 14.7. The van der Waals surface area contributed by atoms with Crippen LogP contribution >= 0.6 is 11.6 Å². The number of ketones is 1. The number of nitrogens with one attached hydrogen (secondary N) is 1. The molecule has 1 aliphatic rings. The number of hydrogen-bond acceptors (Lipinski definition) is 8. The van der Waals surface area contributed by atoms with Gasteiger partial charge in [-0.05, 0) is 35.9 Å². The molecule has 2 atom stereocenters. The Bertz CT molecular complexity index is 1810. The second-order valence-electron chi connectivity index (χ2n) is 9.79. The van der Waals surface area contributed by atoms with E-state index in [-0.39, 0.29) is 31.0 Å². The van der Waals surface area contributed by atoms with Gasteiger partial charge in [0.15, 0.2) is 5.78 Å². The fourth-order valence-corrected chi connectivity index (χ4v) is 5.38. The van der Waals surface area contributed by atoms with Crippen molar-refractivity contribution in [1.82, 2.24) is 39.6 Å². The molecule has 5 aromatic rings. The number of hydrogen-bond donors (Lipinski definition) is 1. The molecule has 1 aliphatic heterocycles. The number of nitrogens with zero attached hydrogens (tertiary/aromatic N) is 8. The Morgan fingerprint density at radius 3 is 2.71 bits per heavy atom. The van der Waals surface area contributed by atoms with Crippen molar-refractivity contribution in [1.29, 1.82) is 0 Å². The molecule has 14 heteroatoms. The molecule has 2 amide bonds. The van der Waals surface area contributed by atoms with E-state index in [0.29, 0.717) is 27.3 Å². The summed E-state index contributed by atoms with van der Waals surface area (Å²) in [6.45, 7) is 0.852. The number of amides is 2. The zero-order valence-corrected chi connectivity index (χ0v) is 22.9. The summed E-state index contributed by atoms with van der Waals surface area (Å²) >= 11 is 6.37. The minimum Gasteiger partial charge on any atom is -0.326 e. The monoisotopic (exact) mass is 587 g/mol. The summed E-state index contributed by atoms with van der Waals surface area (Å²) in [5.74, 6) is -1.36. The number of alkyl halides is 1. The van der Waals surface area contributed by atoms with Gasteiger partial charge in [0.2, 0.25) is 11.8 Å². The zero-order chi connectivity index (χ0) is 29.4. The first-order chi connectivity index (χ1) is 20.3. The summed E-state index contributed by atoms with van der Waals surface area (Å²) in [4.78, 5) is 44.5. The molecule has 1 fully saturated rings. The van der Waals surface area contributed by atoms with E-state index in [1.807, 2.05) is 6.07 Å². The average molecular weight is 588 g/mol. The van der Waals surface area contributed by atoms with Crippen molar-refractivity contribution >= 4 is 45.8 Å². The van der Waals surface area contributed by atoms with Gasteiger partial charge in [0.25, 0.3) is 0 Å². The molecule has 42 heavy (non-hydrogen) atoms. The largest absolute Gasteiger partial charge is 0.326 e. The third-order valence-corrected chi connectivity index (χ3v) is 7.36. The Hall–Kier alpha value is -5.04. The van der Waals surface area contributed by atoms with Crippen LogP contribution < -0.4 is 5.32 Å². The fourth-order valence-electron chi connectivity index (χ4n) is 5.12. The number of anilines is 1. The summed E-state index contributed by atoms with van der Waals surface area (Å²) in [6, 6.07) is 11.0. The van der Waals surface area contributed by atoms with Gasteiger partial charge in [-0.2, -0.15) is 20.4 Å². The summed E-state index contributed by atoms with van der Waals surface area (Å²) in [5, 5.41) is 19.8. The molecule has 2 aromatic carbocycles. The quantitative estimate of drug-likeness (QED) is 0.285. The number of aromatic nitrogens is 7. The van der Waals surface area contributed by atoms with Crippen LogP contribution in [0.25, 0.3) is 27.7 Å². The van der Waals surface area contributed by atoms with Gasteiger partial charge in [0, 0.05) is 24.3 Å². The maximum Gasteiger partial charge on any atom is 0.247 e. The first-order valence-electron chi connectivity index (χ1n) is 13.0. The van der Waals surface area contributed by atoms with Gasteiger partial charge in [-0.25, -0.2) is 14.1 Å². The summed E-state index contributed by atoms with van der Waals surface area (Å²) < 4.78 is 17.5. The SMILES string of the molecule is CC(=O)c1nn(CC(=O)N2C[C@H](F)C[C@H]2C(=O)Nc2cccc(Cl)c2-n2cncn2)c2ccc(-c3ccnnc3)cc12. The number of Topliss-reactive ketones (excluding diaryl/α,β-unsaturated/α-hetero) is 1. The molecular formula is C28H23ClFN9O3. The van der Waals surface area contributed by atoms with Crippen LogP contribution in [0.1, 0.15) is 23.8 Å². The molecule has 1 saturated heterocycles. The third-order valence-electron chi connectivity index (χ3n) is 7.05. The molecule has 6 rings (SSSR count). The summed E-state index contributed by atoms with van der Waals surface area (Å²) in [5.41, 5.74) is 3.07. The Balaban J connectivity index is 1.26. The topological polar surface area (TPSA) is 141 Å². The van der Waals surface area contributed by atoms with Crippen LogP contribution in [-0.4, -0.2) is 76.0 Å². The standard InChI is InChI=1S/C28H23ClFN9O3/c1-16(40)26-20-9-17(18-7-8-32-33-11-18)5-6-23(20)38(36-26)13-25(41)37-12-19(30)10-24(37)28(42)35-22-4-2-3-21(29)27(22)39-15-31-14-34-39/h2-9,11,14-15,19,24H,10,12-13H2,1H3,(H,35,42)/t19-,24+/m1/s1. The van der Waals surface area contributed by atoms with Gasteiger partial charge in [0.05, 0.1) is 35.2 Å². The van der Waals surface area contributed by atoms with Crippen molar-refractivity contribution in [3.05, 3.63) is 78.2 Å². The lowest BCUT2D eigenvalue weighted by Gasteiger charge is -2.24. The minimum absolute atomic E-state index is 0.168. The number of rotatable bonds is 7. The summed E-state index contributed by atoms with van der Waals surface area (Å²) in [6.07, 6.45) is 4.37. The lowest BCUT2D eigenvalue weighted by molar-refractivity contribution is -0.137. The highest BCUT2D eigenvalue weighted by Gasteiger charge is 2.40. The van der Waals surface area contributed by atoms with E-state index < -0.39 is 24.0 Å². The molecule has 212 valence electrons. The number of fused-ring (bicyclic) bond motifs is 1. The molecule has 0 saturated carbocycles. The molecule has 0 spiro atoms. The highest BCUT2D eigenvalue weighted by atomic mass is 35.5. The molecule has 3 aromatic heterocycles. The van der Waals surface area contributed by atoms with E-state index in [9.17, 15) is 18.8 Å². The Kier molecular flexibility index (Phi) is 7.17. The van der Waals surface area contributed by atoms with E-state index >= 15 is 0 Å². The third kappa shape index (κ3) is 5.09. The normalized spacial score (nSPS) is 16.6. The van der Waals surface area contributed by atoms with Crippen LogP contribution in [0.2, 0.25) is 5.02 Å². The number of carbonyl (C=O) groups is 3. The maximum atomic E-state index is 14.7. The Morgan fingerprint density at radius 2 is 1.98 bits per heavy atom. The summed E-state index contributed by atoms with van der Waals surface area (Å²) in [7, 11) is 0. The minimum atomic E-state index is -1.39. The fraction of sp³-hybridized carbons (Fsp3) is 0.214. The lowest BCUT2D eigenvalue weighted by atomic mass is 10.0.